The SMILES string of the molecule is COc1cccc(NC(=O)N2C[C@H](C(=O)NCCc3ccccc3)C[C@@H](c3ccccc3)C2)c1. The Labute approximate surface area is 200 Å². The summed E-state index contributed by atoms with van der Waals surface area (Å²) in [7, 11) is 1.59. The fourth-order valence-electron chi connectivity index (χ4n) is 4.44. The first-order valence-electron chi connectivity index (χ1n) is 11.7. The predicted molar refractivity (Wildman–Crippen MR) is 134 cm³/mol. The minimum Gasteiger partial charge on any atom is -0.497 e. The second kappa shape index (κ2) is 11.4. The molecule has 3 aromatic carbocycles. The van der Waals surface area contributed by atoms with Crippen molar-refractivity contribution in [3.05, 3.63) is 96.1 Å². The number of anilines is 1. The van der Waals surface area contributed by atoms with Gasteiger partial charge in [0, 0.05) is 37.3 Å². The third-order valence-corrected chi connectivity index (χ3v) is 6.26. The van der Waals surface area contributed by atoms with Crippen molar-refractivity contribution in [1.82, 2.24) is 10.2 Å². The summed E-state index contributed by atoms with van der Waals surface area (Å²) in [6, 6.07) is 27.3. The van der Waals surface area contributed by atoms with Gasteiger partial charge in [-0.1, -0.05) is 66.7 Å². The van der Waals surface area contributed by atoms with E-state index in [0.29, 0.717) is 37.5 Å². The summed E-state index contributed by atoms with van der Waals surface area (Å²) >= 11 is 0. The Kier molecular flexibility index (Phi) is 7.81. The lowest BCUT2D eigenvalue weighted by Gasteiger charge is -2.37. The molecule has 2 atom stereocenters. The zero-order valence-electron chi connectivity index (χ0n) is 19.4. The van der Waals surface area contributed by atoms with Crippen LogP contribution in [0.5, 0.6) is 5.75 Å². The number of rotatable bonds is 7. The average molecular weight is 458 g/mol. The number of nitrogens with one attached hydrogen (secondary N) is 2. The molecule has 0 aliphatic carbocycles. The van der Waals surface area contributed by atoms with Crippen LogP contribution in [0.2, 0.25) is 0 Å². The molecule has 0 radical (unpaired) electrons. The van der Waals surface area contributed by atoms with E-state index >= 15 is 0 Å². The molecule has 34 heavy (non-hydrogen) atoms. The van der Waals surface area contributed by atoms with Gasteiger partial charge in [0.15, 0.2) is 0 Å². The Hall–Kier alpha value is -3.80. The van der Waals surface area contributed by atoms with Gasteiger partial charge < -0.3 is 20.3 Å². The van der Waals surface area contributed by atoms with Crippen LogP contribution < -0.4 is 15.4 Å². The standard InChI is InChI=1S/C28H31N3O3/c1-34-26-14-8-13-25(18-26)30-28(33)31-19-23(22-11-6-3-7-12-22)17-24(20-31)27(32)29-16-15-21-9-4-2-5-10-21/h2-14,18,23-24H,15-17,19-20H2,1H3,(H,29,32)(H,30,33)/t23-,24-/m1/s1. The molecule has 6 nitrogen and oxygen atoms in total. The topological polar surface area (TPSA) is 70.7 Å². The van der Waals surface area contributed by atoms with Gasteiger partial charge in [0.05, 0.1) is 13.0 Å². The fraction of sp³-hybridized carbons (Fsp3) is 0.286. The van der Waals surface area contributed by atoms with Gasteiger partial charge in [-0.05, 0) is 36.1 Å². The van der Waals surface area contributed by atoms with Gasteiger partial charge in [0.25, 0.3) is 0 Å². The molecule has 3 amide bonds. The Morgan fingerprint density at radius 2 is 1.68 bits per heavy atom. The Bertz CT molecular complexity index is 1090. The van der Waals surface area contributed by atoms with E-state index in [2.05, 4.69) is 34.9 Å². The normalized spacial score (nSPS) is 17.6. The summed E-state index contributed by atoms with van der Waals surface area (Å²) < 4.78 is 5.26. The highest BCUT2D eigenvalue weighted by Gasteiger charge is 2.34. The van der Waals surface area contributed by atoms with Crippen molar-refractivity contribution in [2.24, 2.45) is 5.92 Å². The van der Waals surface area contributed by atoms with Gasteiger partial charge in [-0.3, -0.25) is 4.79 Å². The summed E-state index contributed by atoms with van der Waals surface area (Å²) in [4.78, 5) is 28.0. The molecule has 0 unspecified atom stereocenters. The molecule has 0 spiro atoms. The largest absolute Gasteiger partial charge is 0.497 e. The number of hydrogen-bond donors (Lipinski definition) is 2. The van der Waals surface area contributed by atoms with Gasteiger partial charge in [-0.25, -0.2) is 4.79 Å². The number of piperidine rings is 1. The van der Waals surface area contributed by atoms with E-state index in [9.17, 15) is 9.59 Å². The Morgan fingerprint density at radius 1 is 0.941 bits per heavy atom. The first-order chi connectivity index (χ1) is 16.6. The predicted octanol–water partition coefficient (Wildman–Crippen LogP) is 4.69. The van der Waals surface area contributed by atoms with Crippen molar-refractivity contribution in [3.63, 3.8) is 0 Å². The number of carbonyl (C=O) groups is 2. The van der Waals surface area contributed by atoms with Crippen LogP contribution in [0, 0.1) is 5.92 Å². The molecule has 1 heterocycles. The van der Waals surface area contributed by atoms with Gasteiger partial charge in [-0.2, -0.15) is 0 Å². The fourth-order valence-corrected chi connectivity index (χ4v) is 4.44. The highest BCUT2D eigenvalue weighted by atomic mass is 16.5. The van der Waals surface area contributed by atoms with Crippen molar-refractivity contribution in [1.29, 1.82) is 0 Å². The summed E-state index contributed by atoms with van der Waals surface area (Å²) in [5.41, 5.74) is 2.99. The lowest BCUT2D eigenvalue weighted by atomic mass is 9.84. The molecule has 176 valence electrons. The van der Waals surface area contributed by atoms with Crippen LogP contribution in [0.1, 0.15) is 23.5 Å². The van der Waals surface area contributed by atoms with E-state index in [1.807, 2.05) is 54.6 Å². The molecule has 3 aromatic rings. The monoisotopic (exact) mass is 457 g/mol. The average Bonchev–Trinajstić information content (AvgIpc) is 2.89. The van der Waals surface area contributed by atoms with E-state index in [-0.39, 0.29) is 23.8 Å². The highest BCUT2D eigenvalue weighted by Crippen LogP contribution is 2.31. The van der Waals surface area contributed by atoms with E-state index in [1.54, 1.807) is 18.1 Å². The third kappa shape index (κ3) is 6.16. The van der Waals surface area contributed by atoms with Crippen LogP contribution >= 0.6 is 0 Å². The lowest BCUT2D eigenvalue weighted by molar-refractivity contribution is -0.126. The summed E-state index contributed by atoms with van der Waals surface area (Å²) in [5.74, 6) is 0.492. The number of hydrogen-bond acceptors (Lipinski definition) is 3. The van der Waals surface area contributed by atoms with Gasteiger partial charge in [0.1, 0.15) is 5.75 Å². The van der Waals surface area contributed by atoms with E-state index < -0.39 is 0 Å². The van der Waals surface area contributed by atoms with Crippen molar-refractivity contribution in [2.45, 2.75) is 18.8 Å². The number of benzene rings is 3. The number of ether oxygens (including phenoxy) is 1. The van der Waals surface area contributed by atoms with Gasteiger partial charge in [-0.15, -0.1) is 0 Å². The molecule has 1 saturated heterocycles. The molecule has 4 rings (SSSR count). The first kappa shape index (κ1) is 23.4. The van der Waals surface area contributed by atoms with Crippen molar-refractivity contribution >= 4 is 17.6 Å². The second-order valence-electron chi connectivity index (χ2n) is 8.63. The minimum absolute atomic E-state index is 0.00394. The van der Waals surface area contributed by atoms with Crippen LogP contribution in [0.15, 0.2) is 84.9 Å². The molecule has 6 heteroatoms. The van der Waals surface area contributed by atoms with Crippen molar-refractivity contribution < 1.29 is 14.3 Å². The summed E-state index contributed by atoms with van der Waals surface area (Å²) in [6.45, 7) is 1.52. The number of carbonyl (C=O) groups excluding carboxylic acids is 2. The molecule has 1 aliphatic heterocycles. The lowest BCUT2D eigenvalue weighted by Crippen LogP contribution is -2.49. The van der Waals surface area contributed by atoms with Gasteiger partial charge >= 0.3 is 6.03 Å². The second-order valence-corrected chi connectivity index (χ2v) is 8.63. The van der Waals surface area contributed by atoms with Crippen LogP contribution in [0.25, 0.3) is 0 Å². The van der Waals surface area contributed by atoms with E-state index in [4.69, 9.17) is 4.74 Å². The van der Waals surface area contributed by atoms with Crippen LogP contribution in [0.4, 0.5) is 10.5 Å². The Morgan fingerprint density at radius 3 is 2.41 bits per heavy atom. The minimum atomic E-state index is -0.272. The zero-order chi connectivity index (χ0) is 23.8. The van der Waals surface area contributed by atoms with Crippen LogP contribution in [-0.4, -0.2) is 43.6 Å². The van der Waals surface area contributed by atoms with E-state index in [1.165, 1.54) is 5.56 Å². The van der Waals surface area contributed by atoms with Crippen LogP contribution in [-0.2, 0) is 11.2 Å². The van der Waals surface area contributed by atoms with Gasteiger partial charge in [0.2, 0.25) is 5.91 Å². The molecular formula is C28H31N3O3. The molecule has 0 aromatic heterocycles. The number of amides is 3. The third-order valence-electron chi connectivity index (χ3n) is 6.26. The zero-order valence-corrected chi connectivity index (χ0v) is 19.4. The number of nitrogens with zero attached hydrogens (tertiary/aromatic N) is 1. The van der Waals surface area contributed by atoms with Crippen LogP contribution in [0.3, 0.4) is 0 Å². The maximum atomic E-state index is 13.2. The summed E-state index contributed by atoms with van der Waals surface area (Å²) in [6.07, 6.45) is 1.49. The maximum Gasteiger partial charge on any atom is 0.321 e. The van der Waals surface area contributed by atoms with E-state index in [0.717, 1.165) is 12.0 Å². The van der Waals surface area contributed by atoms with Crippen molar-refractivity contribution in [3.8, 4) is 5.75 Å². The number of likely N-dealkylation sites (tertiary alicyclic amines) is 1. The van der Waals surface area contributed by atoms with Crippen molar-refractivity contribution in [2.75, 3.05) is 32.1 Å². The smallest absolute Gasteiger partial charge is 0.321 e. The number of urea groups is 1. The quantitative estimate of drug-likeness (QED) is 0.541. The molecule has 1 aliphatic rings. The molecule has 0 saturated carbocycles. The number of methoxy groups -OCH3 is 1. The molecule has 2 N–H and O–H groups in total. The Balaban J connectivity index is 1.44. The molecule has 1 fully saturated rings. The summed E-state index contributed by atoms with van der Waals surface area (Å²) in [5, 5.41) is 6.04. The first-order valence-corrected chi connectivity index (χ1v) is 11.7. The highest BCUT2D eigenvalue weighted by molar-refractivity contribution is 5.90. The molecular weight excluding hydrogens is 426 g/mol. The maximum absolute atomic E-state index is 13.2. The molecule has 0 bridgehead atoms.